The molecule has 4 aromatic carbocycles. The summed E-state index contributed by atoms with van der Waals surface area (Å²) < 4.78 is 77.6. The van der Waals surface area contributed by atoms with Crippen LogP contribution in [0, 0.1) is 56.8 Å². The van der Waals surface area contributed by atoms with Crippen molar-refractivity contribution in [3.8, 4) is 40.0 Å². The van der Waals surface area contributed by atoms with E-state index in [-0.39, 0.29) is 80.0 Å². The maximum Gasteiger partial charge on any atom is 0.282 e. The number of anilines is 6. The van der Waals surface area contributed by atoms with Crippen LogP contribution >= 0.6 is 0 Å². The number of para-hydroxylation sites is 4. The molecule has 0 aliphatic carbocycles. The molecule has 18 rings (SSSR count). The van der Waals surface area contributed by atoms with Gasteiger partial charge in [-0.2, -0.15) is 9.97 Å². The van der Waals surface area contributed by atoms with E-state index in [9.17, 15) is 75.6 Å². The van der Waals surface area contributed by atoms with Crippen molar-refractivity contribution in [3.05, 3.63) is 254 Å². The van der Waals surface area contributed by atoms with Crippen LogP contribution in [0.25, 0.3) is 66.4 Å². The average Bonchev–Trinajstić information content (AvgIpc) is 0.734. The van der Waals surface area contributed by atoms with Crippen LogP contribution in [0.5, 0.6) is 17.2 Å². The summed E-state index contributed by atoms with van der Waals surface area (Å²) in [6.07, 6.45) is 7.79. The van der Waals surface area contributed by atoms with Crippen LogP contribution in [-0.2, 0) is 19.2 Å². The van der Waals surface area contributed by atoms with Gasteiger partial charge >= 0.3 is 0 Å². The second-order valence-electron chi connectivity index (χ2n) is 33.9. The van der Waals surface area contributed by atoms with Gasteiger partial charge in [-0.1, -0.05) is 78.3 Å². The van der Waals surface area contributed by atoms with E-state index in [4.69, 9.17) is 15.0 Å². The van der Waals surface area contributed by atoms with Crippen LogP contribution in [0.15, 0.2) is 180 Å². The number of pyridine rings is 4. The number of phenols is 3. The van der Waals surface area contributed by atoms with Gasteiger partial charge in [0.25, 0.3) is 22.2 Å². The number of hydrogen-bond acceptors (Lipinski definition) is 27. The Labute approximate surface area is 790 Å². The molecular weight excluding hydrogens is 1780 g/mol. The second-order valence-corrected chi connectivity index (χ2v) is 33.9. The third-order valence-corrected chi connectivity index (χ3v) is 25.9. The fourth-order valence-electron chi connectivity index (χ4n) is 18.5. The SMILES string of the molecule is C=CC(=O)N1CCN(c2nc(N3CC(N(CC)CC)C3)nc3c(=O)n(-c4c(F)cccc4F)c(C)cc23)CC1.C=CC(=O)N1CCN(c2nc(N3CC(N(CC)CC)C3)nc3c(=O)n(-c4c(O)cccc4F)c(C)cc23)CC1.C=CC(=O)N1CCN(c2ncnc3c(=O)n(-c4c(O)cccc4F)c(C)cc23)CC1.C=CC(=O)N1CCN(c2ncnc3c(=O)n(-c4c(O)cccc4F)c(C)cc23)CC1. The van der Waals surface area contributed by atoms with Gasteiger partial charge in [-0.05, 0) is 151 Å². The minimum atomic E-state index is -0.832. The molecule has 3 N–H and O–H groups in total. The molecule has 720 valence electrons. The molecule has 40 heteroatoms. The van der Waals surface area contributed by atoms with Crippen molar-refractivity contribution in [1.29, 1.82) is 0 Å². The Bertz CT molecular complexity index is 6530. The second kappa shape index (κ2) is 41.5. The van der Waals surface area contributed by atoms with Gasteiger partial charge in [0, 0.05) is 166 Å². The maximum atomic E-state index is 14.8. The Hall–Kier alpha value is -15.4. The fraction of sp³-hybridized carbons (Fsp3) is 0.347. The smallest absolute Gasteiger partial charge is 0.282 e. The summed E-state index contributed by atoms with van der Waals surface area (Å²) in [5.74, 6) is -2.09. The van der Waals surface area contributed by atoms with Crippen LogP contribution in [-0.4, -0.2) is 296 Å². The number of piperazine rings is 4. The highest BCUT2D eigenvalue weighted by Crippen LogP contribution is 2.37. The summed E-state index contributed by atoms with van der Waals surface area (Å²) in [6.45, 7) is 44.3. The highest BCUT2D eigenvalue weighted by Gasteiger charge is 2.38. The van der Waals surface area contributed by atoms with E-state index in [1.807, 2.05) is 24.5 Å². The standard InChI is InChI=1S/C28H33F2N7O2.C28H34FN7O3.2C21H20FN5O3/c1-5-23(38)34-11-13-35(14-12-34)26-20-15-18(4)37(25-21(29)9-8-10-22(25)30)27(39)24(20)31-28(32-26)36-16-19(17-36)33(6-2)7-3;1-5-23(38)33-11-13-34(14-12-33)26-20-15-18(4)36(25-21(29)9-8-10-22(25)37)27(39)24(20)30-28(31-26)35-16-19(17-35)32(6-2)7-3;2*1-3-17(29)25-7-9-26(10-8-25)20-14-11-13(2)27(21(30)18(14)23-12-24-20)19-15(22)5-4-6-16(19)28/h5,8-10,15,19H,1,6-7,11-14,16-17H2,2-4H3;5,8-10,15,19,37H,1,6-7,11-14,16-17H2,2-4H3;2*3-6,11-12,28H,1,7-10H2,2H3. The molecule has 4 amide bonds. The summed E-state index contributed by atoms with van der Waals surface area (Å²) in [7, 11) is 0. The number of rotatable bonds is 20. The molecule has 0 spiro atoms. The normalized spacial score (nSPS) is 15.3. The quantitative estimate of drug-likeness (QED) is 0.0475. The van der Waals surface area contributed by atoms with Crippen molar-refractivity contribution < 1.29 is 56.4 Å². The number of carbonyl (C=O) groups is 4. The predicted molar refractivity (Wildman–Crippen MR) is 518 cm³/mol. The van der Waals surface area contributed by atoms with Crippen molar-refractivity contribution in [2.24, 2.45) is 0 Å². The lowest BCUT2D eigenvalue weighted by Crippen LogP contribution is -2.60. The van der Waals surface area contributed by atoms with Gasteiger partial charge in [0.15, 0.2) is 17.5 Å². The van der Waals surface area contributed by atoms with Gasteiger partial charge < -0.3 is 64.3 Å². The number of aromatic hydroxyl groups is 3. The third-order valence-electron chi connectivity index (χ3n) is 25.9. The Balaban J connectivity index is 0.000000141. The lowest BCUT2D eigenvalue weighted by Gasteiger charge is -2.45. The van der Waals surface area contributed by atoms with Crippen molar-refractivity contribution in [1.82, 2.24) is 87.5 Å². The van der Waals surface area contributed by atoms with Crippen molar-refractivity contribution in [2.75, 3.05) is 186 Å². The van der Waals surface area contributed by atoms with Crippen molar-refractivity contribution >= 4 is 102 Å². The Morgan fingerprint density at radius 1 is 0.341 bits per heavy atom. The molecule has 6 aliphatic heterocycles. The number of amides is 4. The van der Waals surface area contributed by atoms with E-state index in [1.165, 1.54) is 102 Å². The summed E-state index contributed by atoms with van der Waals surface area (Å²) in [5.41, 5.74) is -1.12. The number of aromatic nitrogens is 12. The molecule has 0 radical (unpaired) electrons. The first-order valence-electron chi connectivity index (χ1n) is 45.5. The first-order chi connectivity index (χ1) is 66.4. The van der Waals surface area contributed by atoms with E-state index >= 15 is 0 Å². The number of likely N-dealkylation sites (N-methyl/N-ethyl adjacent to an activating group) is 2. The first-order valence-corrected chi connectivity index (χ1v) is 45.5. The number of carbonyl (C=O) groups excluding carboxylic acids is 4. The van der Waals surface area contributed by atoms with Crippen LogP contribution in [0.4, 0.5) is 57.1 Å². The lowest BCUT2D eigenvalue weighted by atomic mass is 10.1. The molecule has 6 saturated heterocycles. The van der Waals surface area contributed by atoms with Crippen LogP contribution in [0.2, 0.25) is 0 Å². The first kappa shape index (κ1) is 97.2. The summed E-state index contributed by atoms with van der Waals surface area (Å²) in [5, 5.41) is 32.8. The van der Waals surface area contributed by atoms with Crippen LogP contribution < -0.4 is 51.6 Å². The molecule has 138 heavy (non-hydrogen) atoms. The fourth-order valence-corrected chi connectivity index (χ4v) is 18.5. The number of aryl methyl sites for hydroxylation is 4. The van der Waals surface area contributed by atoms with E-state index in [0.29, 0.717) is 196 Å². The van der Waals surface area contributed by atoms with Gasteiger partial charge in [0.1, 0.15) is 110 Å². The Kier molecular flexibility index (Phi) is 29.2. The molecule has 0 saturated carbocycles. The number of nitrogens with zero attached hydrogens (tertiary/aromatic N) is 24. The number of phenolic OH excluding ortho intramolecular Hbond substituents is 3. The zero-order valence-corrected chi connectivity index (χ0v) is 77.9. The minimum Gasteiger partial charge on any atom is -0.506 e. The third kappa shape index (κ3) is 19.1. The van der Waals surface area contributed by atoms with E-state index in [1.54, 1.807) is 71.6 Å². The van der Waals surface area contributed by atoms with E-state index in [2.05, 4.69) is 93.6 Å². The average molecular weight is 1890 g/mol. The number of fused-ring (bicyclic) bond motifs is 4. The number of halogens is 5. The topological polar surface area (TPSA) is 359 Å². The highest BCUT2D eigenvalue weighted by molar-refractivity contribution is 5.95. The van der Waals surface area contributed by atoms with E-state index < -0.39 is 57.0 Å². The molecule has 0 atom stereocenters. The number of hydrogen-bond donors (Lipinski definition) is 3. The maximum absolute atomic E-state index is 14.8. The molecule has 8 aromatic heterocycles. The predicted octanol–water partition coefficient (Wildman–Crippen LogP) is 8.57. The molecular formula is C98H107F5N24O11. The van der Waals surface area contributed by atoms with Gasteiger partial charge in [0.05, 0.1) is 21.5 Å². The summed E-state index contributed by atoms with van der Waals surface area (Å²) in [4.78, 5) is 162. The van der Waals surface area contributed by atoms with Gasteiger partial charge in [-0.3, -0.25) is 66.4 Å². The molecule has 0 unspecified atom stereocenters. The summed E-state index contributed by atoms with van der Waals surface area (Å²) in [6, 6.07) is 22.8. The molecule has 12 aromatic rings. The highest BCUT2D eigenvalue weighted by atomic mass is 19.1. The molecule has 35 nitrogen and oxygen atoms in total. The monoisotopic (exact) mass is 1890 g/mol. The van der Waals surface area contributed by atoms with Crippen LogP contribution in [0.3, 0.4) is 0 Å². The van der Waals surface area contributed by atoms with Gasteiger partial charge in [-0.15, -0.1) is 0 Å². The minimum absolute atomic E-state index is 0.0964. The van der Waals surface area contributed by atoms with E-state index in [0.717, 1.165) is 78.2 Å². The molecule has 6 aliphatic rings. The van der Waals surface area contributed by atoms with Crippen molar-refractivity contribution in [2.45, 2.75) is 67.5 Å². The largest absolute Gasteiger partial charge is 0.506 e. The van der Waals surface area contributed by atoms with Crippen molar-refractivity contribution in [3.63, 3.8) is 0 Å². The number of benzene rings is 4. The Morgan fingerprint density at radius 2 is 0.580 bits per heavy atom. The molecule has 14 heterocycles. The lowest BCUT2D eigenvalue weighted by molar-refractivity contribution is -0.127. The van der Waals surface area contributed by atoms with Gasteiger partial charge in [0.2, 0.25) is 35.5 Å². The zero-order chi connectivity index (χ0) is 98.5. The van der Waals surface area contributed by atoms with Crippen LogP contribution in [0.1, 0.15) is 50.5 Å². The zero-order valence-electron chi connectivity index (χ0n) is 77.9. The van der Waals surface area contributed by atoms with Gasteiger partial charge in [-0.25, -0.2) is 51.9 Å². The summed E-state index contributed by atoms with van der Waals surface area (Å²) >= 11 is 0. The molecule has 6 fully saturated rings. The Morgan fingerprint density at radius 3 is 0.841 bits per heavy atom. The molecule has 0 bridgehead atoms.